The van der Waals surface area contributed by atoms with Gasteiger partial charge in [0.2, 0.25) is 5.91 Å². The average Bonchev–Trinajstić information content (AvgIpc) is 3.12. The molecule has 164 valence electrons. The van der Waals surface area contributed by atoms with Gasteiger partial charge in [-0.05, 0) is 31.9 Å². The Bertz CT molecular complexity index is 651. The molecule has 1 unspecified atom stereocenters. The maximum atomic E-state index is 11.1. The Hall–Kier alpha value is -1.59. The zero-order valence-electron chi connectivity index (χ0n) is 17.2. The van der Waals surface area contributed by atoms with E-state index in [0.29, 0.717) is 44.2 Å². The Labute approximate surface area is 189 Å². The van der Waals surface area contributed by atoms with Crippen LogP contribution in [0.3, 0.4) is 0 Å². The van der Waals surface area contributed by atoms with Gasteiger partial charge in [-0.2, -0.15) is 0 Å². The zero-order chi connectivity index (χ0) is 20.2. The number of anilines is 1. The Morgan fingerprint density at radius 3 is 2.86 bits per heavy atom. The minimum absolute atomic E-state index is 0. The van der Waals surface area contributed by atoms with Crippen molar-refractivity contribution >= 4 is 41.5 Å². The van der Waals surface area contributed by atoms with Crippen molar-refractivity contribution in [1.82, 2.24) is 10.6 Å². The van der Waals surface area contributed by atoms with E-state index in [4.69, 9.17) is 9.47 Å². The molecular weight excluding hydrogens is 487 g/mol. The number of amides is 1. The number of rotatable bonds is 10. The molecule has 1 amide bonds. The summed E-state index contributed by atoms with van der Waals surface area (Å²) in [5, 5.41) is 18.6. The maximum absolute atomic E-state index is 11.1. The van der Waals surface area contributed by atoms with Gasteiger partial charge < -0.3 is 30.5 Å². The number of halogens is 1. The van der Waals surface area contributed by atoms with E-state index in [1.54, 1.807) is 6.07 Å². The highest BCUT2D eigenvalue weighted by Crippen LogP contribution is 2.32. The number of hydrogen-bond acceptors (Lipinski definition) is 5. The van der Waals surface area contributed by atoms with Crippen molar-refractivity contribution in [3.8, 4) is 5.75 Å². The van der Waals surface area contributed by atoms with E-state index in [2.05, 4.69) is 20.9 Å². The lowest BCUT2D eigenvalue weighted by atomic mass is 9.84. The molecule has 0 saturated carbocycles. The predicted octanol–water partition coefficient (Wildman–Crippen LogP) is 1.99. The van der Waals surface area contributed by atoms with E-state index in [9.17, 15) is 9.90 Å². The van der Waals surface area contributed by atoms with Crippen molar-refractivity contribution in [3.05, 3.63) is 24.3 Å². The number of aliphatic hydroxyl groups is 1. The van der Waals surface area contributed by atoms with Crippen molar-refractivity contribution in [1.29, 1.82) is 0 Å². The molecule has 0 spiro atoms. The fourth-order valence-electron chi connectivity index (χ4n) is 3.08. The molecule has 9 heteroatoms. The van der Waals surface area contributed by atoms with Crippen molar-refractivity contribution < 1.29 is 19.4 Å². The molecule has 0 aliphatic carbocycles. The molecule has 8 nitrogen and oxygen atoms in total. The van der Waals surface area contributed by atoms with Crippen molar-refractivity contribution in [2.45, 2.75) is 26.7 Å². The summed E-state index contributed by atoms with van der Waals surface area (Å²) in [6, 6.07) is 7.30. The Morgan fingerprint density at radius 2 is 2.21 bits per heavy atom. The predicted molar refractivity (Wildman–Crippen MR) is 125 cm³/mol. The van der Waals surface area contributed by atoms with Gasteiger partial charge in [0.25, 0.3) is 0 Å². The van der Waals surface area contributed by atoms with Crippen LogP contribution in [0.2, 0.25) is 0 Å². The van der Waals surface area contributed by atoms with Crippen LogP contribution in [-0.4, -0.2) is 63.0 Å². The number of nitrogens with one attached hydrogen (secondary N) is 3. The molecule has 1 saturated heterocycles. The molecule has 1 aliphatic heterocycles. The van der Waals surface area contributed by atoms with Gasteiger partial charge in [-0.1, -0.05) is 6.07 Å². The van der Waals surface area contributed by atoms with Crippen LogP contribution in [0.25, 0.3) is 0 Å². The third-order valence-corrected chi connectivity index (χ3v) is 4.56. The molecule has 1 aliphatic rings. The molecule has 0 aromatic heterocycles. The molecular formula is C20H33IN4O4. The third-order valence-electron chi connectivity index (χ3n) is 4.56. The molecule has 1 atom stereocenters. The van der Waals surface area contributed by atoms with Crippen molar-refractivity contribution in [2.75, 3.05) is 51.4 Å². The van der Waals surface area contributed by atoms with Crippen LogP contribution >= 0.6 is 24.0 Å². The SMILES string of the molecule is CCNC(=NCC1(CCO)CCOC1)NCCOc1cccc(NC(C)=O)c1.I. The number of nitrogens with zero attached hydrogens (tertiary/aromatic N) is 1. The van der Waals surface area contributed by atoms with Crippen LogP contribution in [0.1, 0.15) is 26.7 Å². The van der Waals surface area contributed by atoms with Crippen LogP contribution in [0.5, 0.6) is 5.75 Å². The van der Waals surface area contributed by atoms with Crippen LogP contribution in [0.4, 0.5) is 5.69 Å². The fourth-order valence-corrected chi connectivity index (χ4v) is 3.08. The van der Waals surface area contributed by atoms with Crippen molar-refractivity contribution in [2.24, 2.45) is 10.4 Å². The number of hydrogen-bond donors (Lipinski definition) is 4. The number of ether oxygens (including phenoxy) is 2. The quantitative estimate of drug-likeness (QED) is 0.163. The van der Waals surface area contributed by atoms with E-state index in [1.165, 1.54) is 6.92 Å². The van der Waals surface area contributed by atoms with E-state index >= 15 is 0 Å². The lowest BCUT2D eigenvalue weighted by Gasteiger charge is -2.24. The summed E-state index contributed by atoms with van der Waals surface area (Å²) in [4.78, 5) is 15.8. The number of benzene rings is 1. The molecule has 1 aromatic rings. The highest BCUT2D eigenvalue weighted by Gasteiger charge is 2.34. The molecule has 29 heavy (non-hydrogen) atoms. The number of carbonyl (C=O) groups excluding carboxylic acids is 1. The molecule has 0 bridgehead atoms. The summed E-state index contributed by atoms with van der Waals surface area (Å²) in [6.45, 7) is 7.42. The van der Waals surface area contributed by atoms with Gasteiger partial charge in [0.15, 0.2) is 5.96 Å². The molecule has 1 heterocycles. The van der Waals surface area contributed by atoms with E-state index in [0.717, 1.165) is 25.5 Å². The summed E-state index contributed by atoms with van der Waals surface area (Å²) in [5.41, 5.74) is 0.637. The smallest absolute Gasteiger partial charge is 0.221 e. The van der Waals surface area contributed by atoms with Gasteiger partial charge in [0.1, 0.15) is 12.4 Å². The minimum atomic E-state index is -0.114. The van der Waals surface area contributed by atoms with Gasteiger partial charge >= 0.3 is 0 Å². The van der Waals surface area contributed by atoms with Gasteiger partial charge in [0, 0.05) is 43.9 Å². The first-order valence-corrected chi connectivity index (χ1v) is 9.78. The first kappa shape index (κ1) is 25.4. The van der Waals surface area contributed by atoms with Crippen LogP contribution < -0.4 is 20.7 Å². The molecule has 1 aromatic carbocycles. The van der Waals surface area contributed by atoms with E-state index < -0.39 is 0 Å². The molecule has 0 radical (unpaired) electrons. The maximum Gasteiger partial charge on any atom is 0.221 e. The largest absolute Gasteiger partial charge is 0.492 e. The first-order chi connectivity index (χ1) is 13.6. The second-order valence-corrected chi connectivity index (χ2v) is 6.96. The van der Waals surface area contributed by atoms with Gasteiger partial charge in [-0.15, -0.1) is 24.0 Å². The van der Waals surface area contributed by atoms with Gasteiger partial charge in [-0.3, -0.25) is 9.79 Å². The summed E-state index contributed by atoms with van der Waals surface area (Å²) in [5.74, 6) is 1.30. The first-order valence-electron chi connectivity index (χ1n) is 9.78. The average molecular weight is 520 g/mol. The van der Waals surface area contributed by atoms with E-state index in [1.807, 2.05) is 25.1 Å². The number of carbonyl (C=O) groups is 1. The third kappa shape index (κ3) is 9.18. The van der Waals surface area contributed by atoms with Crippen LogP contribution in [0, 0.1) is 5.41 Å². The monoisotopic (exact) mass is 520 g/mol. The summed E-state index contributed by atoms with van der Waals surface area (Å²) < 4.78 is 11.3. The normalized spacial score (nSPS) is 18.7. The Kier molecular flexibility index (Phi) is 11.9. The van der Waals surface area contributed by atoms with Crippen LogP contribution in [-0.2, 0) is 9.53 Å². The second kappa shape index (κ2) is 13.6. The lowest BCUT2D eigenvalue weighted by molar-refractivity contribution is -0.114. The lowest BCUT2D eigenvalue weighted by Crippen LogP contribution is -2.40. The molecule has 2 rings (SSSR count). The number of aliphatic hydroxyl groups excluding tert-OH is 1. The Balaban J connectivity index is 0.00000420. The minimum Gasteiger partial charge on any atom is -0.492 e. The highest BCUT2D eigenvalue weighted by atomic mass is 127. The topological polar surface area (TPSA) is 104 Å². The number of guanidine groups is 1. The summed E-state index contributed by atoms with van der Waals surface area (Å²) in [7, 11) is 0. The molecule has 4 N–H and O–H groups in total. The van der Waals surface area contributed by atoms with E-state index in [-0.39, 0.29) is 41.9 Å². The van der Waals surface area contributed by atoms with Gasteiger partial charge in [0.05, 0.1) is 19.7 Å². The molecule has 1 fully saturated rings. The zero-order valence-corrected chi connectivity index (χ0v) is 19.5. The highest BCUT2D eigenvalue weighted by molar-refractivity contribution is 14.0. The summed E-state index contributed by atoms with van der Waals surface area (Å²) in [6.07, 6.45) is 1.62. The Morgan fingerprint density at radius 1 is 1.38 bits per heavy atom. The second-order valence-electron chi connectivity index (χ2n) is 6.96. The van der Waals surface area contributed by atoms with Crippen molar-refractivity contribution in [3.63, 3.8) is 0 Å². The summed E-state index contributed by atoms with van der Waals surface area (Å²) >= 11 is 0. The van der Waals surface area contributed by atoms with Gasteiger partial charge in [-0.25, -0.2) is 0 Å². The fraction of sp³-hybridized carbons (Fsp3) is 0.600. The number of aliphatic imine (C=N–C) groups is 1. The van der Waals surface area contributed by atoms with Crippen LogP contribution in [0.15, 0.2) is 29.3 Å². The standard InChI is InChI=1S/C20H32N4O4.HI/c1-3-21-19(23-14-20(7-10-25)8-11-27-15-20)22-9-12-28-18-6-4-5-17(13-18)24-16(2)26;/h4-6,13,25H,3,7-12,14-15H2,1-2H3,(H,24,26)(H2,21,22,23);1H.